The van der Waals surface area contributed by atoms with Crippen molar-refractivity contribution in [3.63, 3.8) is 0 Å². The SMILES string of the molecule is CCC1SC(=O)C(C)=C1O. The Labute approximate surface area is 64.3 Å². The topological polar surface area (TPSA) is 37.3 Å². The Morgan fingerprint density at radius 3 is 2.50 bits per heavy atom. The lowest BCUT2D eigenvalue weighted by Crippen LogP contribution is -1.99. The van der Waals surface area contributed by atoms with E-state index in [0.717, 1.165) is 6.42 Å². The predicted octanol–water partition coefficient (Wildman–Crippen LogP) is 1.87. The summed E-state index contributed by atoms with van der Waals surface area (Å²) in [7, 11) is 0. The van der Waals surface area contributed by atoms with E-state index < -0.39 is 0 Å². The Hall–Kier alpha value is -0.440. The Morgan fingerprint density at radius 1 is 1.70 bits per heavy atom. The van der Waals surface area contributed by atoms with Crippen LogP contribution in [0, 0.1) is 0 Å². The fourth-order valence-corrected chi connectivity index (χ4v) is 1.89. The van der Waals surface area contributed by atoms with Crippen LogP contribution in [0.15, 0.2) is 11.3 Å². The van der Waals surface area contributed by atoms with Crippen LogP contribution in [-0.2, 0) is 4.79 Å². The van der Waals surface area contributed by atoms with E-state index in [4.69, 9.17) is 0 Å². The molecular formula is C7H10O2S. The minimum Gasteiger partial charge on any atom is -0.511 e. The van der Waals surface area contributed by atoms with Gasteiger partial charge in [0.2, 0.25) is 5.12 Å². The van der Waals surface area contributed by atoms with Crippen molar-refractivity contribution in [3.05, 3.63) is 11.3 Å². The molecule has 3 heteroatoms. The molecule has 0 radical (unpaired) electrons. The first-order valence-corrected chi connectivity index (χ1v) is 4.15. The molecule has 2 nitrogen and oxygen atoms in total. The third-order valence-corrected chi connectivity index (χ3v) is 2.98. The first kappa shape index (κ1) is 7.66. The molecule has 0 spiro atoms. The normalized spacial score (nSPS) is 26.2. The van der Waals surface area contributed by atoms with E-state index in [1.807, 2.05) is 6.92 Å². The summed E-state index contributed by atoms with van der Waals surface area (Å²) in [6.07, 6.45) is 0.819. The van der Waals surface area contributed by atoms with E-state index in [9.17, 15) is 9.90 Å². The second kappa shape index (κ2) is 2.66. The number of aliphatic hydroxyl groups is 1. The van der Waals surface area contributed by atoms with Crippen molar-refractivity contribution in [2.45, 2.75) is 25.5 Å². The van der Waals surface area contributed by atoms with Gasteiger partial charge in [0, 0.05) is 5.57 Å². The molecule has 10 heavy (non-hydrogen) atoms. The van der Waals surface area contributed by atoms with Crippen LogP contribution in [0.5, 0.6) is 0 Å². The molecule has 1 atom stereocenters. The number of aliphatic hydroxyl groups excluding tert-OH is 1. The molecule has 0 saturated heterocycles. The summed E-state index contributed by atoms with van der Waals surface area (Å²) in [5.41, 5.74) is 0.525. The second-order valence-electron chi connectivity index (χ2n) is 2.31. The zero-order valence-electron chi connectivity index (χ0n) is 6.05. The molecule has 0 aromatic carbocycles. The molecule has 1 aliphatic rings. The van der Waals surface area contributed by atoms with E-state index in [1.165, 1.54) is 11.8 Å². The number of hydrogen-bond acceptors (Lipinski definition) is 3. The molecule has 0 aromatic rings. The highest BCUT2D eigenvalue weighted by atomic mass is 32.2. The first-order valence-electron chi connectivity index (χ1n) is 3.27. The Morgan fingerprint density at radius 2 is 2.30 bits per heavy atom. The Bertz CT molecular complexity index is 196. The number of thioether (sulfide) groups is 1. The van der Waals surface area contributed by atoms with Gasteiger partial charge in [-0.3, -0.25) is 4.79 Å². The summed E-state index contributed by atoms with van der Waals surface area (Å²) in [4.78, 5) is 10.9. The summed E-state index contributed by atoms with van der Waals surface area (Å²) in [6, 6.07) is 0. The van der Waals surface area contributed by atoms with Gasteiger partial charge in [-0.1, -0.05) is 18.7 Å². The highest BCUT2D eigenvalue weighted by Gasteiger charge is 2.28. The van der Waals surface area contributed by atoms with Crippen LogP contribution in [0.3, 0.4) is 0 Å². The van der Waals surface area contributed by atoms with Gasteiger partial charge in [0.1, 0.15) is 5.76 Å². The van der Waals surface area contributed by atoms with Crippen LogP contribution < -0.4 is 0 Å². The molecular weight excluding hydrogens is 148 g/mol. The zero-order valence-corrected chi connectivity index (χ0v) is 6.86. The van der Waals surface area contributed by atoms with Gasteiger partial charge >= 0.3 is 0 Å². The van der Waals surface area contributed by atoms with Crippen molar-refractivity contribution in [1.82, 2.24) is 0 Å². The third-order valence-electron chi connectivity index (χ3n) is 1.62. The van der Waals surface area contributed by atoms with Crippen molar-refractivity contribution in [3.8, 4) is 0 Å². The largest absolute Gasteiger partial charge is 0.511 e. The number of hydrogen-bond donors (Lipinski definition) is 1. The molecule has 0 aromatic heterocycles. The summed E-state index contributed by atoms with van der Waals surface area (Å²) < 4.78 is 0. The zero-order chi connectivity index (χ0) is 7.72. The summed E-state index contributed by atoms with van der Waals surface area (Å²) in [5, 5.41) is 9.30. The molecule has 0 fully saturated rings. The molecule has 1 heterocycles. The van der Waals surface area contributed by atoms with Gasteiger partial charge in [0.15, 0.2) is 0 Å². The van der Waals surface area contributed by atoms with Gasteiger partial charge in [-0.15, -0.1) is 0 Å². The quantitative estimate of drug-likeness (QED) is 0.633. The lowest BCUT2D eigenvalue weighted by Gasteiger charge is -2.02. The maximum atomic E-state index is 10.9. The highest BCUT2D eigenvalue weighted by Crippen LogP contribution is 2.33. The van der Waals surface area contributed by atoms with Crippen LogP contribution in [0.25, 0.3) is 0 Å². The fourth-order valence-electron chi connectivity index (χ4n) is 0.896. The number of carbonyl (C=O) groups is 1. The maximum Gasteiger partial charge on any atom is 0.219 e. The van der Waals surface area contributed by atoms with Gasteiger partial charge in [-0.05, 0) is 13.3 Å². The number of rotatable bonds is 1. The monoisotopic (exact) mass is 158 g/mol. The summed E-state index contributed by atoms with van der Waals surface area (Å²) in [6.45, 7) is 3.63. The summed E-state index contributed by atoms with van der Waals surface area (Å²) in [5.74, 6) is 0.275. The van der Waals surface area contributed by atoms with Crippen LogP contribution >= 0.6 is 11.8 Å². The van der Waals surface area contributed by atoms with Gasteiger partial charge in [-0.2, -0.15) is 0 Å². The first-order chi connectivity index (χ1) is 4.66. The average Bonchev–Trinajstić information content (AvgIpc) is 2.17. The minimum absolute atomic E-state index is 0.0179. The molecule has 56 valence electrons. The van der Waals surface area contributed by atoms with E-state index in [1.54, 1.807) is 6.92 Å². The molecule has 1 aliphatic heterocycles. The van der Waals surface area contributed by atoms with Crippen molar-refractivity contribution < 1.29 is 9.90 Å². The van der Waals surface area contributed by atoms with E-state index in [-0.39, 0.29) is 16.1 Å². The predicted molar refractivity (Wildman–Crippen MR) is 42.0 cm³/mol. The van der Waals surface area contributed by atoms with Crippen LogP contribution in [0.4, 0.5) is 0 Å². The van der Waals surface area contributed by atoms with Gasteiger partial charge in [0.25, 0.3) is 0 Å². The number of carbonyl (C=O) groups excluding carboxylic acids is 1. The molecule has 0 saturated carbocycles. The van der Waals surface area contributed by atoms with Crippen molar-refractivity contribution in [1.29, 1.82) is 0 Å². The molecule has 1 N–H and O–H groups in total. The van der Waals surface area contributed by atoms with Crippen molar-refractivity contribution in [2.75, 3.05) is 0 Å². The highest BCUT2D eigenvalue weighted by molar-refractivity contribution is 8.15. The Balaban J connectivity index is 2.83. The van der Waals surface area contributed by atoms with E-state index in [2.05, 4.69) is 0 Å². The van der Waals surface area contributed by atoms with E-state index in [0.29, 0.717) is 5.57 Å². The molecule has 0 aliphatic carbocycles. The Kier molecular flexibility index (Phi) is 2.04. The lowest BCUT2D eigenvalue weighted by atomic mass is 10.2. The second-order valence-corrected chi connectivity index (χ2v) is 3.49. The van der Waals surface area contributed by atoms with Gasteiger partial charge in [-0.25, -0.2) is 0 Å². The van der Waals surface area contributed by atoms with Crippen LogP contribution in [-0.4, -0.2) is 15.5 Å². The molecule has 0 amide bonds. The minimum atomic E-state index is 0.0179. The van der Waals surface area contributed by atoms with Gasteiger partial charge < -0.3 is 5.11 Å². The lowest BCUT2D eigenvalue weighted by molar-refractivity contribution is -0.107. The van der Waals surface area contributed by atoms with E-state index >= 15 is 0 Å². The standard InChI is InChI=1S/C7H10O2S/c1-3-5-6(8)4(2)7(9)10-5/h5,8H,3H2,1-2H3. The third kappa shape index (κ3) is 1.06. The fraction of sp³-hybridized carbons (Fsp3) is 0.571. The maximum absolute atomic E-state index is 10.9. The van der Waals surface area contributed by atoms with Crippen LogP contribution in [0.2, 0.25) is 0 Å². The summed E-state index contributed by atoms with van der Waals surface area (Å²) >= 11 is 1.22. The molecule has 1 rings (SSSR count). The smallest absolute Gasteiger partial charge is 0.219 e. The van der Waals surface area contributed by atoms with Crippen molar-refractivity contribution >= 4 is 16.9 Å². The average molecular weight is 158 g/mol. The van der Waals surface area contributed by atoms with Gasteiger partial charge in [0.05, 0.1) is 5.25 Å². The van der Waals surface area contributed by atoms with Crippen molar-refractivity contribution in [2.24, 2.45) is 0 Å². The molecule has 0 bridgehead atoms. The molecule has 1 unspecified atom stereocenters. The van der Waals surface area contributed by atoms with Crippen LogP contribution in [0.1, 0.15) is 20.3 Å².